The topological polar surface area (TPSA) is 63.7 Å². The largest absolute Gasteiger partial charge is 0.454 e. The minimum atomic E-state index is -0.553. The van der Waals surface area contributed by atoms with Crippen molar-refractivity contribution in [2.24, 2.45) is 0 Å². The Morgan fingerprint density at radius 3 is 2.42 bits per heavy atom. The van der Waals surface area contributed by atoms with Crippen LogP contribution in [0.2, 0.25) is 0 Å². The molecule has 2 aromatic rings. The molecule has 1 fully saturated rings. The van der Waals surface area contributed by atoms with Gasteiger partial charge >= 0.3 is 5.97 Å². The quantitative estimate of drug-likeness (QED) is 0.611. The van der Waals surface area contributed by atoms with E-state index in [0.717, 1.165) is 23.2 Å². The molecule has 1 saturated heterocycles. The average molecular weight is 351 g/mol. The predicted octanol–water partition coefficient (Wildman–Crippen LogP) is 3.47. The molecule has 0 aliphatic carbocycles. The highest BCUT2D eigenvalue weighted by molar-refractivity contribution is 6.00. The van der Waals surface area contributed by atoms with Gasteiger partial charge in [-0.2, -0.15) is 0 Å². The number of esters is 1. The molecule has 26 heavy (non-hydrogen) atoms. The van der Waals surface area contributed by atoms with E-state index in [2.05, 4.69) is 0 Å². The van der Waals surface area contributed by atoms with Crippen molar-refractivity contribution in [2.75, 3.05) is 18.1 Å². The number of amides is 1. The van der Waals surface area contributed by atoms with Gasteiger partial charge in [-0.3, -0.25) is 9.59 Å². The molecule has 5 nitrogen and oxygen atoms in total. The number of aryl methyl sites for hydroxylation is 2. The van der Waals surface area contributed by atoms with Crippen LogP contribution < -0.4 is 4.90 Å². The fourth-order valence-electron chi connectivity index (χ4n) is 3.12. The van der Waals surface area contributed by atoms with Gasteiger partial charge in [0.25, 0.3) is 0 Å². The molecule has 0 N–H and O–H groups in total. The number of hydrogen-bond donors (Lipinski definition) is 0. The Morgan fingerprint density at radius 2 is 1.81 bits per heavy atom. The number of benzene rings is 2. The summed E-state index contributed by atoms with van der Waals surface area (Å²) < 4.78 is 5.15. The smallest absolute Gasteiger partial charge is 0.338 e. The lowest BCUT2D eigenvalue weighted by Crippen LogP contribution is -2.23. The first-order valence-electron chi connectivity index (χ1n) is 8.64. The van der Waals surface area contributed by atoms with Crippen molar-refractivity contribution in [2.45, 2.75) is 26.7 Å². The lowest BCUT2D eigenvalue weighted by Gasteiger charge is -2.15. The van der Waals surface area contributed by atoms with E-state index >= 15 is 0 Å². The zero-order valence-corrected chi connectivity index (χ0v) is 15.0. The number of carbonyl (C=O) groups is 3. The molecule has 0 radical (unpaired) electrons. The molecular formula is C21H21NO4. The highest BCUT2D eigenvalue weighted by atomic mass is 16.5. The molecule has 3 rings (SSSR count). The zero-order chi connectivity index (χ0) is 18.7. The van der Waals surface area contributed by atoms with Crippen molar-refractivity contribution in [3.05, 3.63) is 64.7 Å². The second-order valence-electron chi connectivity index (χ2n) is 6.51. The summed E-state index contributed by atoms with van der Waals surface area (Å²) in [7, 11) is 0. The van der Waals surface area contributed by atoms with E-state index in [9.17, 15) is 14.4 Å². The average Bonchev–Trinajstić information content (AvgIpc) is 3.05. The van der Waals surface area contributed by atoms with Gasteiger partial charge in [-0.15, -0.1) is 0 Å². The third kappa shape index (κ3) is 3.82. The maximum atomic E-state index is 12.3. The Balaban J connectivity index is 1.61. The Morgan fingerprint density at radius 1 is 1.08 bits per heavy atom. The summed E-state index contributed by atoms with van der Waals surface area (Å²) in [6, 6.07) is 12.2. The van der Waals surface area contributed by atoms with Crippen LogP contribution in [0.4, 0.5) is 5.69 Å². The van der Waals surface area contributed by atoms with E-state index in [1.165, 1.54) is 0 Å². The van der Waals surface area contributed by atoms with E-state index in [1.54, 1.807) is 35.2 Å². The Kier molecular flexibility index (Phi) is 5.16. The van der Waals surface area contributed by atoms with Gasteiger partial charge in [-0.05, 0) is 50.1 Å². The van der Waals surface area contributed by atoms with Crippen LogP contribution in [0, 0.1) is 13.8 Å². The number of rotatable bonds is 5. The minimum absolute atomic E-state index is 0.0967. The van der Waals surface area contributed by atoms with Gasteiger partial charge < -0.3 is 9.64 Å². The third-order valence-corrected chi connectivity index (χ3v) is 4.50. The van der Waals surface area contributed by atoms with Gasteiger partial charge in [-0.1, -0.05) is 23.8 Å². The van der Waals surface area contributed by atoms with Crippen LogP contribution in [-0.4, -0.2) is 30.8 Å². The fourth-order valence-corrected chi connectivity index (χ4v) is 3.12. The standard InChI is InChI=1S/C21H21NO4/c1-14-5-10-18(15(2)12-14)19(23)13-26-21(25)16-6-8-17(9-7-16)22-11-3-4-20(22)24/h5-10,12H,3-4,11,13H2,1-2H3. The second kappa shape index (κ2) is 7.52. The lowest BCUT2D eigenvalue weighted by atomic mass is 10.0. The maximum Gasteiger partial charge on any atom is 0.338 e. The van der Waals surface area contributed by atoms with Crippen LogP contribution >= 0.6 is 0 Å². The molecule has 0 unspecified atom stereocenters. The molecular weight excluding hydrogens is 330 g/mol. The van der Waals surface area contributed by atoms with Gasteiger partial charge in [0, 0.05) is 24.2 Å². The van der Waals surface area contributed by atoms with E-state index in [4.69, 9.17) is 4.74 Å². The molecule has 0 atom stereocenters. The molecule has 5 heteroatoms. The number of carbonyl (C=O) groups excluding carboxylic acids is 3. The summed E-state index contributed by atoms with van der Waals surface area (Å²) in [6.45, 7) is 4.23. The van der Waals surface area contributed by atoms with Crippen LogP contribution in [0.25, 0.3) is 0 Å². The summed E-state index contributed by atoms with van der Waals surface area (Å²) in [6.07, 6.45) is 1.41. The molecule has 1 aliphatic rings. The first-order valence-corrected chi connectivity index (χ1v) is 8.64. The molecule has 1 amide bonds. The SMILES string of the molecule is Cc1ccc(C(=O)COC(=O)c2ccc(N3CCCC3=O)cc2)c(C)c1. The predicted molar refractivity (Wildman–Crippen MR) is 98.6 cm³/mol. The Bertz CT molecular complexity index is 855. The first kappa shape index (κ1) is 17.9. The van der Waals surface area contributed by atoms with E-state index in [0.29, 0.717) is 24.1 Å². The minimum Gasteiger partial charge on any atom is -0.454 e. The number of Topliss-reactive ketones (excluding diaryl/α,β-unsaturated/α-hetero) is 1. The molecule has 134 valence electrons. The normalized spacial score (nSPS) is 13.8. The number of ketones is 1. The Labute approximate surface area is 152 Å². The third-order valence-electron chi connectivity index (χ3n) is 4.50. The Hall–Kier alpha value is -2.95. The molecule has 0 spiro atoms. The van der Waals surface area contributed by atoms with Crippen LogP contribution in [0.1, 0.15) is 44.7 Å². The second-order valence-corrected chi connectivity index (χ2v) is 6.51. The summed E-state index contributed by atoms with van der Waals surface area (Å²) in [5.41, 5.74) is 3.63. The molecule has 0 saturated carbocycles. The van der Waals surface area contributed by atoms with Crippen molar-refractivity contribution >= 4 is 23.3 Å². The summed E-state index contributed by atoms with van der Waals surface area (Å²) in [4.78, 5) is 37.9. The first-order chi connectivity index (χ1) is 12.5. The summed E-state index contributed by atoms with van der Waals surface area (Å²) >= 11 is 0. The summed E-state index contributed by atoms with van der Waals surface area (Å²) in [5, 5.41) is 0. The van der Waals surface area contributed by atoms with Crippen LogP contribution in [0.3, 0.4) is 0 Å². The van der Waals surface area contributed by atoms with Gasteiger partial charge in [0.1, 0.15) is 0 Å². The van der Waals surface area contributed by atoms with Gasteiger partial charge in [0.15, 0.2) is 6.61 Å². The number of anilines is 1. The van der Waals surface area contributed by atoms with Crippen molar-refractivity contribution in [1.29, 1.82) is 0 Å². The zero-order valence-electron chi connectivity index (χ0n) is 15.0. The number of hydrogen-bond acceptors (Lipinski definition) is 4. The number of ether oxygens (including phenoxy) is 1. The highest BCUT2D eigenvalue weighted by Crippen LogP contribution is 2.22. The van der Waals surface area contributed by atoms with E-state index < -0.39 is 5.97 Å². The van der Waals surface area contributed by atoms with Crippen molar-refractivity contribution in [1.82, 2.24) is 0 Å². The van der Waals surface area contributed by atoms with Gasteiger partial charge in [0.2, 0.25) is 11.7 Å². The van der Waals surface area contributed by atoms with Crippen LogP contribution in [0.5, 0.6) is 0 Å². The molecule has 0 aromatic heterocycles. The monoisotopic (exact) mass is 351 g/mol. The number of nitrogens with zero attached hydrogens (tertiary/aromatic N) is 1. The van der Waals surface area contributed by atoms with Crippen molar-refractivity contribution in [3.63, 3.8) is 0 Å². The molecule has 1 aliphatic heterocycles. The van der Waals surface area contributed by atoms with Crippen molar-refractivity contribution < 1.29 is 19.1 Å². The fraction of sp³-hybridized carbons (Fsp3) is 0.286. The molecule has 1 heterocycles. The lowest BCUT2D eigenvalue weighted by molar-refractivity contribution is -0.117. The van der Waals surface area contributed by atoms with Gasteiger partial charge in [-0.25, -0.2) is 4.79 Å². The molecule has 2 aromatic carbocycles. The van der Waals surface area contributed by atoms with E-state index in [-0.39, 0.29) is 18.3 Å². The molecule has 0 bridgehead atoms. The maximum absolute atomic E-state index is 12.3. The van der Waals surface area contributed by atoms with Crippen LogP contribution in [0.15, 0.2) is 42.5 Å². The van der Waals surface area contributed by atoms with Gasteiger partial charge in [0.05, 0.1) is 5.56 Å². The van der Waals surface area contributed by atoms with Crippen LogP contribution in [-0.2, 0) is 9.53 Å². The highest BCUT2D eigenvalue weighted by Gasteiger charge is 2.22. The van der Waals surface area contributed by atoms with Crippen molar-refractivity contribution in [3.8, 4) is 0 Å². The van der Waals surface area contributed by atoms with E-state index in [1.807, 2.05) is 26.0 Å². The summed E-state index contributed by atoms with van der Waals surface area (Å²) in [5.74, 6) is -0.683.